The van der Waals surface area contributed by atoms with Crippen LogP contribution in [0.5, 0.6) is 0 Å². The van der Waals surface area contributed by atoms with E-state index < -0.39 is 54.0 Å². The fourth-order valence-corrected chi connectivity index (χ4v) is 3.47. The molecule has 13 nitrogen and oxygen atoms in total. The van der Waals surface area contributed by atoms with E-state index in [2.05, 4.69) is 20.9 Å². The van der Waals surface area contributed by atoms with Crippen LogP contribution in [-0.2, 0) is 19.2 Å². The number of rotatable bonds is 17. The van der Waals surface area contributed by atoms with E-state index in [0.717, 1.165) is 0 Å². The zero-order valence-corrected chi connectivity index (χ0v) is 21.6. The van der Waals surface area contributed by atoms with Crippen molar-refractivity contribution < 1.29 is 29.4 Å². The van der Waals surface area contributed by atoms with Gasteiger partial charge in [0.1, 0.15) is 24.2 Å². The second-order valence-electron chi connectivity index (χ2n) is 8.65. The molecule has 3 amide bonds. The molecule has 0 aromatic heterocycles. The van der Waals surface area contributed by atoms with Crippen molar-refractivity contribution >= 4 is 41.4 Å². The standard InChI is InChI=1S/C21H41N7O6S/c1-11(2)10-15(18(31)27-14(20(33)34)6-5-8-25-21(23)24)28-17(30)13(7-9-35-4)26-19(32)16(22)12(3)29/h11-16,29H,5-10,22H2,1-4H3,(H,26,32)(H,27,31)(H,28,30)(H,33,34)(H4,23,24,25). The molecule has 0 aromatic rings. The predicted octanol–water partition coefficient (Wildman–Crippen LogP) is -1.91. The minimum atomic E-state index is -1.23. The lowest BCUT2D eigenvalue weighted by molar-refractivity contribution is -0.142. The van der Waals surface area contributed by atoms with Crippen molar-refractivity contribution in [2.45, 2.75) is 76.7 Å². The van der Waals surface area contributed by atoms with Gasteiger partial charge < -0.3 is 43.4 Å². The first-order chi connectivity index (χ1) is 16.3. The number of carboxylic acid groups (broad SMARTS) is 1. The van der Waals surface area contributed by atoms with Crippen LogP contribution >= 0.6 is 11.8 Å². The average molecular weight is 520 g/mol. The zero-order valence-electron chi connectivity index (χ0n) is 20.8. The molecular weight excluding hydrogens is 478 g/mol. The summed E-state index contributed by atoms with van der Waals surface area (Å²) in [5.41, 5.74) is 16.2. The zero-order chi connectivity index (χ0) is 27.1. The van der Waals surface area contributed by atoms with E-state index >= 15 is 0 Å². The summed E-state index contributed by atoms with van der Waals surface area (Å²) in [5, 5.41) is 26.7. The van der Waals surface area contributed by atoms with E-state index in [-0.39, 0.29) is 37.7 Å². The number of hydrogen-bond acceptors (Lipinski definition) is 8. The summed E-state index contributed by atoms with van der Waals surface area (Å²) < 4.78 is 0. The molecule has 0 aromatic carbocycles. The third-order valence-electron chi connectivity index (χ3n) is 4.97. The lowest BCUT2D eigenvalue weighted by atomic mass is 10.0. The van der Waals surface area contributed by atoms with Gasteiger partial charge in [0.2, 0.25) is 17.7 Å². The van der Waals surface area contributed by atoms with Crippen LogP contribution in [0.1, 0.15) is 46.5 Å². The Kier molecular flexibility index (Phi) is 15.7. The fraction of sp³-hybridized carbons (Fsp3) is 0.762. The summed E-state index contributed by atoms with van der Waals surface area (Å²) >= 11 is 1.47. The van der Waals surface area contributed by atoms with Crippen LogP contribution in [0.3, 0.4) is 0 Å². The van der Waals surface area contributed by atoms with Crippen LogP contribution in [-0.4, -0.2) is 88.7 Å². The number of aliphatic carboxylic acids is 1. The van der Waals surface area contributed by atoms with Crippen molar-refractivity contribution in [2.24, 2.45) is 28.1 Å². The molecule has 0 aliphatic carbocycles. The number of carboxylic acids is 1. The number of aliphatic hydroxyl groups is 1. The minimum absolute atomic E-state index is 0.000839. The molecule has 0 spiro atoms. The molecule has 0 aliphatic heterocycles. The Morgan fingerprint density at radius 2 is 1.46 bits per heavy atom. The van der Waals surface area contributed by atoms with Gasteiger partial charge in [-0.15, -0.1) is 0 Å². The number of nitrogens with one attached hydrogen (secondary N) is 3. The van der Waals surface area contributed by atoms with Crippen molar-refractivity contribution in [1.82, 2.24) is 16.0 Å². The van der Waals surface area contributed by atoms with E-state index in [4.69, 9.17) is 17.2 Å². The molecule has 14 heteroatoms. The quantitative estimate of drug-likeness (QED) is 0.0602. The third-order valence-corrected chi connectivity index (χ3v) is 5.61. The lowest BCUT2D eigenvalue weighted by Crippen LogP contribution is -2.58. The van der Waals surface area contributed by atoms with Gasteiger partial charge in [-0.25, -0.2) is 4.79 Å². The van der Waals surface area contributed by atoms with Crippen LogP contribution in [0.15, 0.2) is 4.99 Å². The fourth-order valence-electron chi connectivity index (χ4n) is 3.00. The summed E-state index contributed by atoms with van der Waals surface area (Å²) in [4.78, 5) is 53.6. The molecule has 5 unspecified atom stereocenters. The average Bonchev–Trinajstić information content (AvgIpc) is 2.76. The number of hydrogen-bond donors (Lipinski definition) is 8. The first-order valence-electron chi connectivity index (χ1n) is 11.4. The molecule has 0 saturated heterocycles. The van der Waals surface area contributed by atoms with Gasteiger partial charge in [-0.2, -0.15) is 11.8 Å². The Bertz CT molecular complexity index is 731. The van der Waals surface area contributed by atoms with Gasteiger partial charge in [0.05, 0.1) is 6.10 Å². The summed E-state index contributed by atoms with van der Waals surface area (Å²) in [7, 11) is 0. The van der Waals surface area contributed by atoms with Gasteiger partial charge in [0.15, 0.2) is 5.96 Å². The molecule has 5 atom stereocenters. The van der Waals surface area contributed by atoms with E-state index in [9.17, 15) is 29.4 Å². The number of aliphatic hydroxyl groups excluding tert-OH is 1. The Morgan fingerprint density at radius 3 is 1.94 bits per heavy atom. The van der Waals surface area contributed by atoms with Crippen LogP contribution in [0.25, 0.3) is 0 Å². The number of carbonyl (C=O) groups is 4. The predicted molar refractivity (Wildman–Crippen MR) is 135 cm³/mol. The highest BCUT2D eigenvalue weighted by Crippen LogP contribution is 2.09. The van der Waals surface area contributed by atoms with Gasteiger partial charge >= 0.3 is 5.97 Å². The highest BCUT2D eigenvalue weighted by molar-refractivity contribution is 7.98. The Hall–Kier alpha value is -2.58. The summed E-state index contributed by atoms with van der Waals surface area (Å²) in [5.74, 6) is -2.76. The van der Waals surface area contributed by atoms with Gasteiger partial charge in [0.25, 0.3) is 0 Å². The molecule has 0 saturated carbocycles. The van der Waals surface area contributed by atoms with Gasteiger partial charge in [0, 0.05) is 6.54 Å². The van der Waals surface area contributed by atoms with Crippen molar-refractivity contribution in [3.63, 3.8) is 0 Å². The molecule has 11 N–H and O–H groups in total. The Balaban J connectivity index is 5.43. The maximum Gasteiger partial charge on any atom is 0.326 e. The second kappa shape index (κ2) is 16.9. The molecule has 202 valence electrons. The van der Waals surface area contributed by atoms with Crippen molar-refractivity contribution in [2.75, 3.05) is 18.6 Å². The molecule has 0 aliphatic rings. The number of amides is 3. The topological polar surface area (TPSA) is 235 Å². The Labute approximate surface area is 210 Å². The number of nitrogens with zero attached hydrogens (tertiary/aromatic N) is 1. The maximum atomic E-state index is 13.0. The highest BCUT2D eigenvalue weighted by Gasteiger charge is 2.31. The minimum Gasteiger partial charge on any atom is -0.480 e. The van der Waals surface area contributed by atoms with Gasteiger partial charge in [-0.1, -0.05) is 13.8 Å². The first kappa shape index (κ1) is 32.4. The smallest absolute Gasteiger partial charge is 0.326 e. The molecule has 35 heavy (non-hydrogen) atoms. The van der Waals surface area contributed by atoms with E-state index in [1.165, 1.54) is 18.7 Å². The van der Waals surface area contributed by atoms with E-state index in [1.54, 1.807) is 0 Å². The lowest BCUT2D eigenvalue weighted by Gasteiger charge is -2.26. The number of guanidine groups is 1. The summed E-state index contributed by atoms with van der Waals surface area (Å²) in [6.07, 6.45) is 1.65. The number of aliphatic imine (C=N–C) groups is 1. The van der Waals surface area contributed by atoms with E-state index in [0.29, 0.717) is 12.2 Å². The highest BCUT2D eigenvalue weighted by atomic mass is 32.2. The first-order valence-corrected chi connectivity index (χ1v) is 12.8. The summed E-state index contributed by atoms with van der Waals surface area (Å²) in [6, 6.07) is -4.43. The summed E-state index contributed by atoms with van der Waals surface area (Å²) in [6.45, 7) is 5.27. The molecule has 0 rings (SSSR count). The van der Waals surface area contributed by atoms with E-state index in [1.807, 2.05) is 20.1 Å². The largest absolute Gasteiger partial charge is 0.480 e. The monoisotopic (exact) mass is 519 g/mol. The molecule has 0 bridgehead atoms. The number of carbonyl (C=O) groups excluding carboxylic acids is 3. The van der Waals surface area contributed by atoms with Crippen molar-refractivity contribution in [3.05, 3.63) is 0 Å². The maximum absolute atomic E-state index is 13.0. The number of thioether (sulfide) groups is 1. The van der Waals surface area contributed by atoms with Crippen LogP contribution in [0, 0.1) is 5.92 Å². The van der Waals surface area contributed by atoms with Crippen molar-refractivity contribution in [3.8, 4) is 0 Å². The molecule has 0 heterocycles. The van der Waals surface area contributed by atoms with Crippen molar-refractivity contribution in [1.29, 1.82) is 0 Å². The third kappa shape index (κ3) is 13.8. The van der Waals surface area contributed by atoms with Crippen LogP contribution < -0.4 is 33.2 Å². The van der Waals surface area contributed by atoms with Gasteiger partial charge in [-0.3, -0.25) is 19.4 Å². The Morgan fingerprint density at radius 1 is 0.914 bits per heavy atom. The number of nitrogens with two attached hydrogens (primary N) is 3. The normalized spacial score (nSPS) is 15.3. The molecule has 0 radical (unpaired) electrons. The van der Waals surface area contributed by atoms with Crippen LogP contribution in [0.2, 0.25) is 0 Å². The molecule has 0 fully saturated rings. The second-order valence-corrected chi connectivity index (χ2v) is 9.63. The SMILES string of the molecule is CSCCC(NC(=O)C(N)C(C)O)C(=O)NC(CC(C)C)C(=O)NC(CCCN=C(N)N)C(=O)O. The molecular formula is C21H41N7O6S. The van der Waals surface area contributed by atoms with Gasteiger partial charge in [-0.05, 0) is 50.5 Å². The van der Waals surface area contributed by atoms with Crippen LogP contribution in [0.4, 0.5) is 0 Å².